The SMILES string of the molecule is C=C(CCC1CO1)C(=O)OC(=O)C(=Cc1cccc2cc3ccccc3c(C=N)c12)CCCC. The molecule has 4 rings (SSSR count). The maximum Gasteiger partial charge on any atom is 0.341 e. The van der Waals surface area contributed by atoms with E-state index in [1.54, 1.807) is 6.08 Å². The fourth-order valence-corrected chi connectivity index (χ4v) is 4.14. The van der Waals surface area contributed by atoms with Gasteiger partial charge in [0.15, 0.2) is 0 Å². The highest BCUT2D eigenvalue weighted by Gasteiger charge is 2.24. The van der Waals surface area contributed by atoms with E-state index in [0.717, 1.165) is 45.5 Å². The smallest absolute Gasteiger partial charge is 0.341 e. The highest BCUT2D eigenvalue weighted by molar-refractivity contribution is 6.15. The summed E-state index contributed by atoms with van der Waals surface area (Å²) in [6.45, 7) is 6.54. The summed E-state index contributed by atoms with van der Waals surface area (Å²) in [7, 11) is 0. The zero-order valence-electron chi connectivity index (χ0n) is 19.4. The van der Waals surface area contributed by atoms with Crippen LogP contribution in [0.25, 0.3) is 27.6 Å². The normalized spacial score (nSPS) is 15.3. The average molecular weight is 456 g/mol. The highest BCUT2D eigenvalue weighted by Crippen LogP contribution is 2.31. The molecule has 1 aliphatic heterocycles. The van der Waals surface area contributed by atoms with Gasteiger partial charge in [0.2, 0.25) is 0 Å². The number of esters is 2. The van der Waals surface area contributed by atoms with Gasteiger partial charge in [-0.3, -0.25) is 0 Å². The van der Waals surface area contributed by atoms with Crippen molar-refractivity contribution in [3.8, 4) is 0 Å². The number of fused-ring (bicyclic) bond motifs is 2. The molecular formula is C29H29NO4. The number of carbonyl (C=O) groups is 2. The van der Waals surface area contributed by atoms with Gasteiger partial charge in [0.1, 0.15) is 0 Å². The van der Waals surface area contributed by atoms with Gasteiger partial charge in [0, 0.05) is 22.9 Å². The number of hydrogen-bond acceptors (Lipinski definition) is 5. The molecule has 1 fully saturated rings. The summed E-state index contributed by atoms with van der Waals surface area (Å²) in [5.74, 6) is -1.33. The Kier molecular flexibility index (Phi) is 7.33. The molecule has 1 atom stereocenters. The molecule has 0 aliphatic carbocycles. The topological polar surface area (TPSA) is 79.8 Å². The first-order valence-corrected chi connectivity index (χ1v) is 11.7. The number of benzene rings is 3. The van der Waals surface area contributed by atoms with Gasteiger partial charge in [0.25, 0.3) is 0 Å². The molecule has 3 aromatic carbocycles. The van der Waals surface area contributed by atoms with E-state index in [0.29, 0.717) is 31.4 Å². The van der Waals surface area contributed by atoms with E-state index >= 15 is 0 Å². The van der Waals surface area contributed by atoms with Crippen LogP contribution in [0.3, 0.4) is 0 Å². The molecule has 0 saturated carbocycles. The van der Waals surface area contributed by atoms with Crippen LogP contribution in [0, 0.1) is 5.41 Å². The van der Waals surface area contributed by atoms with E-state index < -0.39 is 11.9 Å². The molecule has 5 heteroatoms. The second-order valence-electron chi connectivity index (χ2n) is 8.65. The molecule has 3 aromatic rings. The van der Waals surface area contributed by atoms with Crippen molar-refractivity contribution in [2.24, 2.45) is 0 Å². The van der Waals surface area contributed by atoms with Crippen molar-refractivity contribution in [2.45, 2.75) is 45.1 Å². The molecule has 1 unspecified atom stereocenters. The minimum atomic E-state index is -0.683. The van der Waals surface area contributed by atoms with Gasteiger partial charge in [-0.05, 0) is 64.9 Å². The quantitative estimate of drug-likeness (QED) is 0.0962. The summed E-state index contributed by atoms with van der Waals surface area (Å²) in [6, 6.07) is 15.9. The standard InChI is InChI=1S/C29H29NO4/c1-3-4-8-23(29(32)34-28(31)19(2)13-14-24-18-33-24)16-22-11-7-10-21-15-20-9-5-6-12-25(20)26(17-30)27(21)22/h5-7,9-12,15-17,24,30H,2-4,8,13-14,18H2,1H3. The van der Waals surface area contributed by atoms with Crippen LogP contribution in [-0.4, -0.2) is 30.9 Å². The Hall–Kier alpha value is -3.57. The first kappa shape index (κ1) is 23.6. The van der Waals surface area contributed by atoms with Gasteiger partial charge < -0.3 is 14.9 Å². The zero-order valence-corrected chi connectivity index (χ0v) is 19.4. The van der Waals surface area contributed by atoms with Gasteiger partial charge in [0.05, 0.1) is 12.7 Å². The van der Waals surface area contributed by atoms with Crippen LogP contribution in [0.5, 0.6) is 0 Å². The van der Waals surface area contributed by atoms with Crippen molar-refractivity contribution in [2.75, 3.05) is 6.61 Å². The van der Waals surface area contributed by atoms with E-state index in [-0.39, 0.29) is 11.7 Å². The lowest BCUT2D eigenvalue weighted by molar-refractivity contribution is -0.154. The van der Waals surface area contributed by atoms with Gasteiger partial charge in [-0.15, -0.1) is 0 Å². The summed E-state index contributed by atoms with van der Waals surface area (Å²) < 4.78 is 10.4. The second-order valence-corrected chi connectivity index (χ2v) is 8.65. The summed E-state index contributed by atoms with van der Waals surface area (Å²) in [5, 5.41) is 12.0. The van der Waals surface area contributed by atoms with Gasteiger partial charge in [-0.1, -0.05) is 62.4 Å². The molecule has 34 heavy (non-hydrogen) atoms. The molecule has 5 nitrogen and oxygen atoms in total. The van der Waals surface area contributed by atoms with E-state index in [9.17, 15) is 9.59 Å². The van der Waals surface area contributed by atoms with Crippen LogP contribution in [0.15, 0.2) is 66.3 Å². The first-order chi connectivity index (χ1) is 16.5. The van der Waals surface area contributed by atoms with E-state index in [2.05, 4.69) is 12.6 Å². The number of hydrogen-bond donors (Lipinski definition) is 1. The van der Waals surface area contributed by atoms with E-state index in [1.807, 2.05) is 49.4 Å². The number of rotatable bonds is 10. The lowest BCUT2D eigenvalue weighted by Crippen LogP contribution is -2.16. The Morgan fingerprint density at radius 1 is 1.12 bits per heavy atom. The molecule has 1 N–H and O–H groups in total. The number of unbranched alkanes of at least 4 members (excludes halogenated alkanes) is 1. The lowest BCUT2D eigenvalue weighted by atomic mass is 9.92. The Bertz CT molecular complexity index is 1300. The third kappa shape index (κ3) is 5.32. The Morgan fingerprint density at radius 3 is 2.62 bits per heavy atom. The van der Waals surface area contributed by atoms with Crippen LogP contribution in [0.2, 0.25) is 0 Å². The maximum atomic E-state index is 13.0. The average Bonchev–Trinajstić information content (AvgIpc) is 3.68. The predicted molar refractivity (Wildman–Crippen MR) is 136 cm³/mol. The summed E-state index contributed by atoms with van der Waals surface area (Å²) in [5.41, 5.74) is 2.34. The molecule has 174 valence electrons. The maximum absolute atomic E-state index is 13.0. The van der Waals surface area contributed by atoms with Crippen LogP contribution in [0.1, 0.15) is 50.2 Å². The Labute approximate surface area is 199 Å². The monoisotopic (exact) mass is 455 g/mol. The zero-order chi connectivity index (χ0) is 24.1. The Morgan fingerprint density at radius 2 is 1.88 bits per heavy atom. The summed E-state index contributed by atoms with van der Waals surface area (Å²) in [6.07, 6.45) is 6.69. The van der Waals surface area contributed by atoms with Crippen LogP contribution < -0.4 is 0 Å². The molecule has 1 saturated heterocycles. The van der Waals surface area contributed by atoms with Crippen molar-refractivity contribution in [3.63, 3.8) is 0 Å². The Balaban J connectivity index is 1.68. The summed E-state index contributed by atoms with van der Waals surface area (Å²) >= 11 is 0. The summed E-state index contributed by atoms with van der Waals surface area (Å²) in [4.78, 5) is 25.4. The largest absolute Gasteiger partial charge is 0.386 e. The lowest BCUT2D eigenvalue weighted by Gasteiger charge is -2.12. The van der Waals surface area contributed by atoms with Crippen LogP contribution >= 0.6 is 0 Å². The van der Waals surface area contributed by atoms with Gasteiger partial charge in [-0.2, -0.15) is 0 Å². The van der Waals surface area contributed by atoms with Crippen molar-refractivity contribution in [1.82, 2.24) is 0 Å². The molecule has 0 spiro atoms. The van der Waals surface area contributed by atoms with Crippen LogP contribution in [-0.2, 0) is 19.1 Å². The van der Waals surface area contributed by atoms with Crippen LogP contribution in [0.4, 0.5) is 0 Å². The predicted octanol–water partition coefficient (Wildman–Crippen LogP) is 6.37. The van der Waals surface area contributed by atoms with Crippen molar-refractivity contribution in [3.05, 3.63) is 77.4 Å². The molecule has 0 bridgehead atoms. The number of epoxide rings is 1. The number of ether oxygens (including phenoxy) is 2. The molecule has 0 radical (unpaired) electrons. The first-order valence-electron chi connectivity index (χ1n) is 11.7. The number of carbonyl (C=O) groups excluding carboxylic acids is 2. The second kappa shape index (κ2) is 10.6. The fraction of sp³-hybridized carbons (Fsp3) is 0.276. The van der Waals surface area contributed by atoms with Gasteiger partial charge >= 0.3 is 11.9 Å². The minimum absolute atomic E-state index is 0.186. The van der Waals surface area contributed by atoms with Gasteiger partial charge in [-0.25, -0.2) is 9.59 Å². The van der Waals surface area contributed by atoms with E-state index in [4.69, 9.17) is 14.9 Å². The molecule has 0 aromatic heterocycles. The van der Waals surface area contributed by atoms with Crippen molar-refractivity contribution in [1.29, 1.82) is 5.41 Å². The molecule has 1 aliphatic rings. The minimum Gasteiger partial charge on any atom is -0.386 e. The highest BCUT2D eigenvalue weighted by atomic mass is 16.6. The fourth-order valence-electron chi connectivity index (χ4n) is 4.14. The number of nitrogens with one attached hydrogen (secondary N) is 1. The van der Waals surface area contributed by atoms with Crippen molar-refractivity contribution < 1.29 is 19.1 Å². The van der Waals surface area contributed by atoms with E-state index in [1.165, 1.54) is 6.21 Å². The molecule has 0 amide bonds. The third-order valence-corrected chi connectivity index (χ3v) is 6.14. The third-order valence-electron chi connectivity index (χ3n) is 6.14. The molecular weight excluding hydrogens is 426 g/mol. The van der Waals surface area contributed by atoms with Crippen molar-refractivity contribution >= 4 is 45.8 Å². The molecule has 1 heterocycles.